The highest BCUT2D eigenvalue weighted by Gasteiger charge is 2.20. The monoisotopic (exact) mass is 577 g/mol. The summed E-state index contributed by atoms with van der Waals surface area (Å²) in [4.78, 5) is 17.0. The van der Waals surface area contributed by atoms with Crippen LogP contribution in [0.25, 0.3) is 11.3 Å². The molecule has 176 valence electrons. The van der Waals surface area contributed by atoms with Crippen molar-refractivity contribution in [2.24, 2.45) is 0 Å². The number of aromatic nitrogens is 4. The normalized spacial score (nSPS) is 11.9. The molecule has 4 aromatic rings. The van der Waals surface area contributed by atoms with E-state index in [2.05, 4.69) is 36.4 Å². The molecule has 2 aromatic carbocycles. The first-order valence-electron chi connectivity index (χ1n) is 10.4. The van der Waals surface area contributed by atoms with Crippen molar-refractivity contribution in [1.82, 2.24) is 19.7 Å². The van der Waals surface area contributed by atoms with Crippen LogP contribution in [0.3, 0.4) is 0 Å². The molecule has 1 atom stereocenters. The zero-order chi connectivity index (χ0) is 24.1. The number of hydrogen-bond acceptors (Lipinski definition) is 7. The van der Waals surface area contributed by atoms with Gasteiger partial charge in [-0.25, -0.2) is 4.98 Å². The molecule has 0 saturated carbocycles. The van der Waals surface area contributed by atoms with Crippen molar-refractivity contribution in [3.63, 3.8) is 0 Å². The third-order valence-electron chi connectivity index (χ3n) is 4.76. The predicted octanol–water partition coefficient (Wildman–Crippen LogP) is 6.71. The molecule has 0 fully saturated rings. The fraction of sp³-hybridized carbons (Fsp3) is 0.217. The summed E-state index contributed by atoms with van der Waals surface area (Å²) in [6.45, 7) is 4.56. The number of halogens is 2. The van der Waals surface area contributed by atoms with E-state index < -0.39 is 0 Å². The molecule has 34 heavy (non-hydrogen) atoms. The molecular formula is C23H21BrClN5O2S2. The number of thiazole rings is 1. The van der Waals surface area contributed by atoms with E-state index in [0.717, 1.165) is 15.7 Å². The number of carbonyl (C=O) groups excluding carboxylic acids is 1. The first-order chi connectivity index (χ1) is 16.4. The van der Waals surface area contributed by atoms with E-state index in [0.29, 0.717) is 33.4 Å². The van der Waals surface area contributed by atoms with Crippen molar-refractivity contribution in [1.29, 1.82) is 0 Å². The summed E-state index contributed by atoms with van der Waals surface area (Å²) in [6, 6.07) is 15.1. The highest BCUT2D eigenvalue weighted by Crippen LogP contribution is 2.28. The van der Waals surface area contributed by atoms with Gasteiger partial charge in [0.05, 0.1) is 11.4 Å². The van der Waals surface area contributed by atoms with Gasteiger partial charge >= 0.3 is 0 Å². The van der Waals surface area contributed by atoms with E-state index >= 15 is 0 Å². The average Bonchev–Trinajstić information content (AvgIpc) is 3.45. The highest BCUT2D eigenvalue weighted by atomic mass is 79.9. The first kappa shape index (κ1) is 24.7. The molecule has 0 radical (unpaired) electrons. The Labute approximate surface area is 219 Å². The first-order valence-corrected chi connectivity index (χ1v) is 13.5. The van der Waals surface area contributed by atoms with Gasteiger partial charge in [-0.1, -0.05) is 57.5 Å². The smallest absolute Gasteiger partial charge is 0.236 e. The second-order valence-electron chi connectivity index (χ2n) is 7.18. The molecule has 0 aliphatic rings. The summed E-state index contributed by atoms with van der Waals surface area (Å²) < 4.78 is 8.93. The fourth-order valence-electron chi connectivity index (χ4n) is 3.17. The van der Waals surface area contributed by atoms with Crippen molar-refractivity contribution in [2.75, 3.05) is 11.1 Å². The molecule has 0 spiro atoms. The maximum Gasteiger partial charge on any atom is 0.236 e. The van der Waals surface area contributed by atoms with E-state index in [-0.39, 0.29) is 17.8 Å². The second kappa shape index (κ2) is 11.4. The molecule has 0 aliphatic heterocycles. The lowest BCUT2D eigenvalue weighted by atomic mass is 10.2. The van der Waals surface area contributed by atoms with Gasteiger partial charge in [0.15, 0.2) is 22.2 Å². The number of amides is 1. The standard InChI is InChI=1S/C23H21BrClN5O2S2/c1-3-30-21(14(2)32-18-6-4-5-17(25)11-18)28-29-23(30)34-13-20(31)27-22-26-19(12-33-22)15-7-9-16(24)10-8-15/h4-12,14H,3,13H2,1-2H3,(H,26,27,31). The Hall–Kier alpha value is -2.40. The Kier molecular flexibility index (Phi) is 8.25. The topological polar surface area (TPSA) is 81.9 Å². The van der Waals surface area contributed by atoms with Crippen molar-refractivity contribution in [3.05, 3.63) is 69.2 Å². The summed E-state index contributed by atoms with van der Waals surface area (Å²) in [6.07, 6.45) is -0.332. The number of hydrogen-bond donors (Lipinski definition) is 1. The van der Waals surface area contributed by atoms with E-state index in [4.69, 9.17) is 16.3 Å². The average molecular weight is 579 g/mol. The Morgan fingerprint density at radius 2 is 2.06 bits per heavy atom. The number of rotatable bonds is 9. The van der Waals surface area contributed by atoms with Crippen molar-refractivity contribution in [2.45, 2.75) is 31.7 Å². The Morgan fingerprint density at radius 1 is 1.26 bits per heavy atom. The number of thioether (sulfide) groups is 1. The van der Waals surface area contributed by atoms with Gasteiger partial charge in [0.25, 0.3) is 0 Å². The van der Waals surface area contributed by atoms with Gasteiger partial charge in [-0.15, -0.1) is 21.5 Å². The largest absolute Gasteiger partial charge is 0.483 e. The molecule has 4 rings (SSSR count). The number of carbonyl (C=O) groups is 1. The van der Waals surface area contributed by atoms with Crippen LogP contribution in [-0.2, 0) is 11.3 Å². The molecule has 1 unspecified atom stereocenters. The minimum atomic E-state index is -0.332. The third-order valence-corrected chi connectivity index (χ3v) is 7.25. The molecule has 0 bridgehead atoms. The Bertz CT molecular complexity index is 1280. The zero-order valence-electron chi connectivity index (χ0n) is 18.4. The number of nitrogens with one attached hydrogen (secondary N) is 1. The van der Waals surface area contributed by atoms with Crippen molar-refractivity contribution < 1.29 is 9.53 Å². The van der Waals surface area contributed by atoms with Crippen molar-refractivity contribution >= 4 is 61.7 Å². The molecule has 1 N–H and O–H groups in total. The molecule has 2 aromatic heterocycles. The lowest BCUT2D eigenvalue weighted by Gasteiger charge is -2.15. The number of nitrogens with zero attached hydrogens (tertiary/aromatic N) is 4. The van der Waals surface area contributed by atoms with Gasteiger partial charge in [0.2, 0.25) is 5.91 Å². The zero-order valence-corrected chi connectivity index (χ0v) is 22.3. The summed E-state index contributed by atoms with van der Waals surface area (Å²) in [5.41, 5.74) is 1.82. The third kappa shape index (κ3) is 6.18. The van der Waals surface area contributed by atoms with E-state index in [1.807, 2.05) is 60.2 Å². The molecule has 0 saturated heterocycles. The molecule has 2 heterocycles. The van der Waals surface area contributed by atoms with Crippen LogP contribution in [0.15, 0.2) is 63.5 Å². The van der Waals surface area contributed by atoms with Gasteiger partial charge in [-0.05, 0) is 44.2 Å². The molecule has 7 nitrogen and oxygen atoms in total. The summed E-state index contributed by atoms with van der Waals surface area (Å²) in [5, 5.41) is 15.2. The van der Waals surface area contributed by atoms with E-state index in [9.17, 15) is 4.79 Å². The lowest BCUT2D eigenvalue weighted by Crippen LogP contribution is -2.15. The quantitative estimate of drug-likeness (QED) is 0.222. The Morgan fingerprint density at radius 3 is 2.79 bits per heavy atom. The number of benzene rings is 2. The van der Waals surface area contributed by atoms with Gasteiger partial charge in [0.1, 0.15) is 5.75 Å². The van der Waals surface area contributed by atoms with Gasteiger partial charge in [-0.3, -0.25) is 4.79 Å². The lowest BCUT2D eigenvalue weighted by molar-refractivity contribution is -0.113. The molecule has 11 heteroatoms. The van der Waals surface area contributed by atoms with E-state index in [1.165, 1.54) is 23.1 Å². The highest BCUT2D eigenvalue weighted by molar-refractivity contribution is 9.10. The maximum atomic E-state index is 12.5. The minimum absolute atomic E-state index is 0.155. The molecule has 1 amide bonds. The van der Waals surface area contributed by atoms with Crippen molar-refractivity contribution in [3.8, 4) is 17.0 Å². The van der Waals surface area contributed by atoms with Crippen LogP contribution in [-0.4, -0.2) is 31.4 Å². The number of anilines is 1. The van der Waals surface area contributed by atoms with Gasteiger partial charge in [-0.2, -0.15) is 0 Å². The number of ether oxygens (including phenoxy) is 1. The predicted molar refractivity (Wildman–Crippen MR) is 141 cm³/mol. The van der Waals surface area contributed by atoms with Crippen LogP contribution < -0.4 is 10.1 Å². The fourth-order valence-corrected chi connectivity index (χ4v) is 5.16. The summed E-state index contributed by atoms with van der Waals surface area (Å²) >= 11 is 12.2. The SMILES string of the molecule is CCn1c(SCC(=O)Nc2nc(-c3ccc(Br)cc3)cs2)nnc1C(C)Oc1cccc(Cl)c1. The molecule has 0 aliphatic carbocycles. The minimum Gasteiger partial charge on any atom is -0.483 e. The van der Waals surface area contributed by atoms with Crippen LogP contribution >= 0.6 is 50.6 Å². The maximum absolute atomic E-state index is 12.5. The van der Waals surface area contributed by atoms with Gasteiger partial charge in [0, 0.05) is 27.0 Å². The van der Waals surface area contributed by atoms with Crippen LogP contribution in [0.2, 0.25) is 5.02 Å². The molecular weight excluding hydrogens is 558 g/mol. The van der Waals surface area contributed by atoms with Crippen LogP contribution in [0.1, 0.15) is 25.8 Å². The van der Waals surface area contributed by atoms with Crippen LogP contribution in [0.5, 0.6) is 5.75 Å². The van der Waals surface area contributed by atoms with Crippen LogP contribution in [0.4, 0.5) is 5.13 Å². The summed E-state index contributed by atoms with van der Waals surface area (Å²) in [7, 11) is 0. The van der Waals surface area contributed by atoms with E-state index in [1.54, 1.807) is 12.1 Å². The van der Waals surface area contributed by atoms with Crippen LogP contribution in [0, 0.1) is 0 Å². The Balaban J connectivity index is 1.36. The summed E-state index contributed by atoms with van der Waals surface area (Å²) in [5.74, 6) is 1.38. The second-order valence-corrected chi connectivity index (χ2v) is 10.3. The van der Waals surface area contributed by atoms with Gasteiger partial charge < -0.3 is 14.6 Å².